The van der Waals surface area contributed by atoms with Gasteiger partial charge in [-0.05, 0) is 49.4 Å². The van der Waals surface area contributed by atoms with E-state index >= 15 is 0 Å². The molecule has 1 heterocycles. The maximum atomic E-state index is 12.2. The van der Waals surface area contributed by atoms with E-state index in [-0.39, 0.29) is 18.4 Å². The Hall–Kier alpha value is -4.19. The average molecular weight is 410 g/mol. The Labute approximate surface area is 180 Å². The summed E-state index contributed by atoms with van der Waals surface area (Å²) in [5.74, 6) is 0.0182. The van der Waals surface area contributed by atoms with Gasteiger partial charge in [0.2, 0.25) is 0 Å². The van der Waals surface area contributed by atoms with Gasteiger partial charge in [0.25, 0.3) is 0 Å². The van der Waals surface area contributed by atoms with Crippen LogP contribution in [-0.4, -0.2) is 21.6 Å². The van der Waals surface area contributed by atoms with Crippen molar-refractivity contribution in [1.82, 2.24) is 15.1 Å². The highest BCUT2D eigenvalue weighted by Crippen LogP contribution is 2.24. The lowest BCUT2D eigenvalue weighted by Crippen LogP contribution is -2.28. The van der Waals surface area contributed by atoms with Crippen LogP contribution in [0.5, 0.6) is 0 Å². The van der Waals surface area contributed by atoms with Crippen LogP contribution in [0.4, 0.5) is 10.5 Å². The molecule has 0 bridgehead atoms. The molecule has 6 heteroatoms. The fourth-order valence-electron chi connectivity index (χ4n) is 3.23. The van der Waals surface area contributed by atoms with Crippen molar-refractivity contribution in [2.75, 3.05) is 5.32 Å². The molecule has 4 rings (SSSR count). The average Bonchev–Trinajstić information content (AvgIpc) is 3.23. The topological polar surface area (TPSA) is 76.0 Å². The van der Waals surface area contributed by atoms with Gasteiger partial charge in [-0.25, -0.2) is 9.48 Å². The SMILES string of the molecule is CC(=O)c1ccc(-n2nc(CNC(=O)Nc3ccccc3)cc2-c2ccccc2)cc1. The van der Waals surface area contributed by atoms with Gasteiger partial charge in [-0.1, -0.05) is 48.5 Å². The normalized spacial score (nSPS) is 10.5. The highest BCUT2D eigenvalue weighted by molar-refractivity contribution is 5.94. The number of urea groups is 1. The number of hydrogen-bond acceptors (Lipinski definition) is 3. The molecule has 0 radical (unpaired) electrons. The molecule has 0 aliphatic rings. The standard InChI is InChI=1S/C25H22N4O2/c1-18(30)19-12-14-23(15-13-19)29-24(20-8-4-2-5-9-20)16-22(28-29)17-26-25(31)27-21-10-6-3-7-11-21/h2-16H,17H2,1H3,(H2,26,27,31). The van der Waals surface area contributed by atoms with E-state index in [1.807, 2.05) is 83.5 Å². The van der Waals surface area contributed by atoms with Crippen LogP contribution in [0.15, 0.2) is 91.0 Å². The number of anilines is 1. The van der Waals surface area contributed by atoms with Crippen molar-refractivity contribution in [3.63, 3.8) is 0 Å². The second-order valence-electron chi connectivity index (χ2n) is 7.08. The predicted molar refractivity (Wildman–Crippen MR) is 121 cm³/mol. The number of para-hydroxylation sites is 1. The maximum absolute atomic E-state index is 12.2. The third-order valence-electron chi connectivity index (χ3n) is 4.81. The van der Waals surface area contributed by atoms with Crippen molar-refractivity contribution < 1.29 is 9.59 Å². The Kier molecular flexibility index (Phi) is 5.89. The van der Waals surface area contributed by atoms with Gasteiger partial charge in [0.1, 0.15) is 0 Å². The molecule has 154 valence electrons. The van der Waals surface area contributed by atoms with Gasteiger partial charge in [-0.15, -0.1) is 0 Å². The molecular formula is C25H22N4O2. The first kappa shape index (κ1) is 20.1. The van der Waals surface area contributed by atoms with Crippen LogP contribution in [0.2, 0.25) is 0 Å². The Morgan fingerprint density at radius 1 is 0.871 bits per heavy atom. The molecule has 2 amide bonds. The van der Waals surface area contributed by atoms with E-state index in [4.69, 9.17) is 5.10 Å². The number of hydrogen-bond donors (Lipinski definition) is 2. The predicted octanol–water partition coefficient (Wildman–Crippen LogP) is 5.06. The van der Waals surface area contributed by atoms with Crippen LogP contribution in [0.1, 0.15) is 23.0 Å². The Bertz CT molecular complexity index is 1180. The fourth-order valence-corrected chi connectivity index (χ4v) is 3.23. The minimum atomic E-state index is -0.298. The molecule has 0 aliphatic carbocycles. The van der Waals surface area contributed by atoms with Crippen molar-refractivity contribution >= 4 is 17.5 Å². The highest BCUT2D eigenvalue weighted by atomic mass is 16.2. The highest BCUT2D eigenvalue weighted by Gasteiger charge is 2.13. The molecule has 2 N–H and O–H groups in total. The van der Waals surface area contributed by atoms with Crippen molar-refractivity contribution in [3.05, 3.63) is 102 Å². The minimum Gasteiger partial charge on any atom is -0.332 e. The molecule has 0 saturated carbocycles. The molecular weight excluding hydrogens is 388 g/mol. The third-order valence-corrected chi connectivity index (χ3v) is 4.81. The summed E-state index contributed by atoms with van der Waals surface area (Å²) in [6, 6.07) is 28.2. The number of rotatable bonds is 6. The summed E-state index contributed by atoms with van der Waals surface area (Å²) >= 11 is 0. The fraction of sp³-hybridized carbons (Fsp3) is 0.0800. The van der Waals surface area contributed by atoms with Crippen LogP contribution in [0, 0.1) is 0 Å². The van der Waals surface area contributed by atoms with Crippen LogP contribution in [0.25, 0.3) is 16.9 Å². The number of Topliss-reactive ketones (excluding diaryl/α,β-unsaturated/α-hetero) is 1. The largest absolute Gasteiger partial charge is 0.332 e. The first-order chi connectivity index (χ1) is 15.1. The molecule has 0 unspecified atom stereocenters. The lowest BCUT2D eigenvalue weighted by atomic mass is 10.1. The number of aromatic nitrogens is 2. The lowest BCUT2D eigenvalue weighted by molar-refractivity contribution is 0.101. The molecule has 0 spiro atoms. The first-order valence-corrected chi connectivity index (χ1v) is 9.96. The number of nitrogens with zero attached hydrogens (tertiary/aromatic N) is 2. The number of benzene rings is 3. The molecule has 0 atom stereocenters. The van der Waals surface area contributed by atoms with E-state index in [9.17, 15) is 9.59 Å². The summed E-state index contributed by atoms with van der Waals surface area (Å²) in [5.41, 5.74) is 4.83. The minimum absolute atomic E-state index is 0.0182. The zero-order valence-electron chi connectivity index (χ0n) is 17.1. The Balaban J connectivity index is 1.57. The molecule has 0 fully saturated rings. The lowest BCUT2D eigenvalue weighted by Gasteiger charge is -2.08. The summed E-state index contributed by atoms with van der Waals surface area (Å²) < 4.78 is 1.82. The molecule has 31 heavy (non-hydrogen) atoms. The monoisotopic (exact) mass is 410 g/mol. The van der Waals surface area contributed by atoms with E-state index in [2.05, 4.69) is 10.6 Å². The molecule has 1 aromatic heterocycles. The first-order valence-electron chi connectivity index (χ1n) is 9.96. The zero-order chi connectivity index (χ0) is 21.6. The van der Waals surface area contributed by atoms with Gasteiger partial charge in [0, 0.05) is 16.8 Å². The summed E-state index contributed by atoms with van der Waals surface area (Å²) in [6.07, 6.45) is 0. The van der Waals surface area contributed by atoms with Crippen molar-refractivity contribution in [2.45, 2.75) is 13.5 Å². The number of ketones is 1. The van der Waals surface area contributed by atoms with E-state index in [1.54, 1.807) is 19.1 Å². The van der Waals surface area contributed by atoms with Crippen molar-refractivity contribution in [2.24, 2.45) is 0 Å². The summed E-state index contributed by atoms with van der Waals surface area (Å²) in [5, 5.41) is 10.3. The van der Waals surface area contributed by atoms with Gasteiger partial charge >= 0.3 is 6.03 Å². The van der Waals surface area contributed by atoms with Gasteiger partial charge in [0.05, 0.1) is 23.6 Å². The quantitative estimate of drug-likeness (QED) is 0.436. The summed E-state index contributed by atoms with van der Waals surface area (Å²) in [7, 11) is 0. The van der Waals surface area contributed by atoms with Crippen LogP contribution < -0.4 is 10.6 Å². The van der Waals surface area contributed by atoms with Crippen molar-refractivity contribution in [3.8, 4) is 16.9 Å². The molecule has 0 saturated heterocycles. The number of carbonyl (C=O) groups is 2. The molecule has 0 aliphatic heterocycles. The van der Waals surface area contributed by atoms with E-state index in [0.29, 0.717) is 5.56 Å². The van der Waals surface area contributed by atoms with E-state index in [0.717, 1.165) is 28.3 Å². The van der Waals surface area contributed by atoms with Gasteiger partial charge in [0.15, 0.2) is 5.78 Å². The molecule has 3 aromatic carbocycles. The zero-order valence-corrected chi connectivity index (χ0v) is 17.1. The number of nitrogens with one attached hydrogen (secondary N) is 2. The third kappa shape index (κ3) is 4.87. The summed E-state index contributed by atoms with van der Waals surface area (Å²) in [6.45, 7) is 1.82. The number of amides is 2. The van der Waals surface area contributed by atoms with Crippen LogP contribution >= 0.6 is 0 Å². The van der Waals surface area contributed by atoms with E-state index in [1.165, 1.54) is 0 Å². The maximum Gasteiger partial charge on any atom is 0.319 e. The Morgan fingerprint density at radius 3 is 2.16 bits per heavy atom. The molecule has 4 aromatic rings. The van der Waals surface area contributed by atoms with Crippen LogP contribution in [-0.2, 0) is 6.54 Å². The van der Waals surface area contributed by atoms with Crippen LogP contribution in [0.3, 0.4) is 0 Å². The summed E-state index contributed by atoms with van der Waals surface area (Å²) in [4.78, 5) is 23.8. The molecule has 6 nitrogen and oxygen atoms in total. The van der Waals surface area contributed by atoms with Crippen molar-refractivity contribution in [1.29, 1.82) is 0 Å². The second-order valence-corrected chi connectivity index (χ2v) is 7.08. The van der Waals surface area contributed by atoms with E-state index < -0.39 is 0 Å². The smallest absolute Gasteiger partial charge is 0.319 e. The Morgan fingerprint density at radius 2 is 1.52 bits per heavy atom. The van der Waals surface area contributed by atoms with Gasteiger partial charge in [-0.3, -0.25) is 4.79 Å². The van der Waals surface area contributed by atoms with Gasteiger partial charge < -0.3 is 10.6 Å². The van der Waals surface area contributed by atoms with Gasteiger partial charge in [-0.2, -0.15) is 5.10 Å². The number of carbonyl (C=O) groups excluding carboxylic acids is 2. The second kappa shape index (κ2) is 9.09.